The number of pyridine rings is 2. The number of rotatable bonds is 5. The fourth-order valence-corrected chi connectivity index (χ4v) is 10.5. The van der Waals surface area contributed by atoms with Gasteiger partial charge in [0.25, 0.3) is 0 Å². The zero-order chi connectivity index (χ0) is 41.9. The molecule has 0 saturated carbocycles. The van der Waals surface area contributed by atoms with E-state index in [0.717, 1.165) is 56.2 Å². The number of aromatic nitrogens is 6. The highest BCUT2D eigenvalue weighted by Gasteiger charge is 2.20. The maximum Gasteiger partial charge on any atom is 0.138 e. The van der Waals surface area contributed by atoms with Gasteiger partial charge in [0.05, 0.1) is 44.1 Å². The van der Waals surface area contributed by atoms with E-state index in [0.29, 0.717) is 0 Å². The first-order chi connectivity index (χ1) is 31.8. The van der Waals surface area contributed by atoms with Gasteiger partial charge in [-0.2, -0.15) is 0 Å². The van der Waals surface area contributed by atoms with Crippen LogP contribution in [0.2, 0.25) is 0 Å². The summed E-state index contributed by atoms with van der Waals surface area (Å²) in [6, 6.07) is 74.3. The van der Waals surface area contributed by atoms with Gasteiger partial charge in [0.2, 0.25) is 0 Å². The zero-order valence-corrected chi connectivity index (χ0v) is 34.5. The van der Waals surface area contributed by atoms with Crippen LogP contribution in [0, 0.1) is 0 Å². The van der Waals surface area contributed by atoms with Crippen molar-refractivity contribution < 1.29 is 0 Å². The van der Waals surface area contributed by atoms with Crippen molar-refractivity contribution in [2.75, 3.05) is 0 Å². The van der Waals surface area contributed by atoms with E-state index in [1.54, 1.807) is 0 Å². The van der Waals surface area contributed by atoms with E-state index < -0.39 is 0 Å². The normalized spacial score (nSPS) is 12.1. The molecule has 14 rings (SSSR count). The molecule has 8 aromatic carbocycles. The summed E-state index contributed by atoms with van der Waals surface area (Å²) in [6.45, 7) is 0. The topological polar surface area (TPSA) is 45.5 Å². The molecule has 6 nitrogen and oxygen atoms in total. The molecule has 64 heavy (non-hydrogen) atoms. The molecule has 6 heterocycles. The van der Waals surface area contributed by atoms with Crippen molar-refractivity contribution in [3.8, 4) is 34.1 Å². The molecule has 14 aromatic rings. The van der Waals surface area contributed by atoms with Gasteiger partial charge >= 0.3 is 0 Å². The molecular weight excluding hydrogens is 781 g/mol. The van der Waals surface area contributed by atoms with Crippen LogP contribution in [-0.2, 0) is 0 Å². The molecule has 0 N–H and O–H groups in total. The van der Waals surface area contributed by atoms with Crippen molar-refractivity contribution in [3.05, 3.63) is 219 Å². The average Bonchev–Trinajstić information content (AvgIpc) is 4.09. The molecule has 0 atom stereocenters. The van der Waals surface area contributed by atoms with Crippen LogP contribution in [0.5, 0.6) is 0 Å². The van der Waals surface area contributed by atoms with Crippen LogP contribution < -0.4 is 0 Å². The molecule has 0 unspecified atom stereocenters. The summed E-state index contributed by atoms with van der Waals surface area (Å²) in [5.41, 5.74) is 13.6. The van der Waals surface area contributed by atoms with Gasteiger partial charge in [0.15, 0.2) is 0 Å². The highest BCUT2D eigenvalue weighted by atomic mass is 15.1. The van der Waals surface area contributed by atoms with Crippen molar-refractivity contribution in [1.29, 1.82) is 0 Å². The predicted molar refractivity (Wildman–Crippen MR) is 265 cm³/mol. The first kappa shape index (κ1) is 34.9. The number of nitrogens with zero attached hydrogens (tertiary/aromatic N) is 6. The van der Waals surface area contributed by atoms with E-state index >= 15 is 0 Å². The van der Waals surface area contributed by atoms with Gasteiger partial charge in [-0.1, -0.05) is 109 Å². The maximum atomic E-state index is 5.02. The van der Waals surface area contributed by atoms with Crippen molar-refractivity contribution in [2.24, 2.45) is 0 Å². The lowest BCUT2D eigenvalue weighted by molar-refractivity contribution is 1.07. The number of para-hydroxylation sites is 6. The fourth-order valence-electron chi connectivity index (χ4n) is 10.5. The predicted octanol–water partition coefficient (Wildman–Crippen LogP) is 14.5. The first-order valence-corrected chi connectivity index (χ1v) is 21.7. The SMILES string of the molecule is c1ccc2c(c1)c1ccccc1n2-c1ccc2c(c1)c1ccccc1n2-c1cc(-c2ccnc(-n3c4ccccc4c4cc(-n5c6ccccc6c6ccccc65)ccc43)c2)ccn1. The molecule has 0 aliphatic heterocycles. The summed E-state index contributed by atoms with van der Waals surface area (Å²) in [6.07, 6.45) is 3.85. The largest absolute Gasteiger partial charge is 0.309 e. The molecule has 6 aromatic heterocycles. The third-order valence-corrected chi connectivity index (χ3v) is 13.3. The van der Waals surface area contributed by atoms with Gasteiger partial charge in [0.1, 0.15) is 11.6 Å². The van der Waals surface area contributed by atoms with Gasteiger partial charge in [0, 0.05) is 66.9 Å². The van der Waals surface area contributed by atoms with Crippen LogP contribution in [0.4, 0.5) is 0 Å². The molecule has 0 amide bonds. The Hall–Kier alpha value is -8.74. The Bertz CT molecular complexity index is 3840. The van der Waals surface area contributed by atoms with E-state index in [1.165, 1.54) is 65.2 Å². The van der Waals surface area contributed by atoms with Crippen LogP contribution in [0.15, 0.2) is 219 Å². The maximum absolute atomic E-state index is 5.02. The lowest BCUT2D eigenvalue weighted by Crippen LogP contribution is -2.00. The minimum Gasteiger partial charge on any atom is -0.309 e. The lowest BCUT2D eigenvalue weighted by Gasteiger charge is -2.12. The van der Waals surface area contributed by atoms with E-state index in [4.69, 9.17) is 9.97 Å². The van der Waals surface area contributed by atoms with Crippen LogP contribution >= 0.6 is 0 Å². The van der Waals surface area contributed by atoms with Crippen molar-refractivity contribution in [3.63, 3.8) is 0 Å². The van der Waals surface area contributed by atoms with Crippen molar-refractivity contribution in [2.45, 2.75) is 0 Å². The standard InChI is InChI=1S/C58H36N6/c1-7-19-49-41(13-1)42-14-2-8-20-50(42)61(49)39-25-27-55-47(35-39)45-17-5-11-23-53(45)63(55)57-33-37(29-31-59-57)38-30-32-60-58(34-38)64-54-24-12-6-18-46(54)48-36-40(26-28-56(48)64)62-51-21-9-3-15-43(51)44-16-4-10-22-52(44)62/h1-36H. The number of hydrogen-bond acceptors (Lipinski definition) is 2. The summed E-state index contributed by atoms with van der Waals surface area (Å²) >= 11 is 0. The van der Waals surface area contributed by atoms with E-state index in [9.17, 15) is 0 Å². The Labute approximate surface area is 366 Å². The second kappa shape index (κ2) is 13.4. The van der Waals surface area contributed by atoms with Crippen LogP contribution in [-0.4, -0.2) is 28.2 Å². The fraction of sp³-hybridized carbons (Fsp3) is 0. The van der Waals surface area contributed by atoms with Crippen LogP contribution in [0.25, 0.3) is 121 Å². The molecule has 6 heteroatoms. The lowest BCUT2D eigenvalue weighted by atomic mass is 10.1. The Morgan fingerprint density at radius 2 is 0.516 bits per heavy atom. The summed E-state index contributed by atoms with van der Waals surface area (Å²) in [5.74, 6) is 1.72. The highest BCUT2D eigenvalue weighted by Crippen LogP contribution is 2.39. The average molecular weight is 817 g/mol. The molecule has 0 fully saturated rings. The Morgan fingerprint density at radius 3 is 0.859 bits per heavy atom. The number of fused-ring (bicyclic) bond motifs is 12. The van der Waals surface area contributed by atoms with Gasteiger partial charge in [-0.05, 0) is 108 Å². The minimum absolute atomic E-state index is 0.862. The molecule has 0 spiro atoms. The Balaban J connectivity index is 0.896. The molecule has 298 valence electrons. The molecule has 0 bridgehead atoms. The number of benzene rings is 8. The van der Waals surface area contributed by atoms with Gasteiger partial charge in [-0.15, -0.1) is 0 Å². The monoisotopic (exact) mass is 816 g/mol. The molecule has 0 radical (unpaired) electrons. The van der Waals surface area contributed by atoms with Crippen LogP contribution in [0.3, 0.4) is 0 Å². The Morgan fingerprint density at radius 1 is 0.234 bits per heavy atom. The summed E-state index contributed by atoms with van der Waals surface area (Å²) in [7, 11) is 0. The molecule has 0 aliphatic rings. The third-order valence-electron chi connectivity index (χ3n) is 13.3. The van der Waals surface area contributed by atoms with Crippen molar-refractivity contribution >= 4 is 87.2 Å². The second-order valence-corrected chi connectivity index (χ2v) is 16.7. The highest BCUT2D eigenvalue weighted by molar-refractivity contribution is 6.14. The van der Waals surface area contributed by atoms with E-state index in [1.807, 2.05) is 12.4 Å². The van der Waals surface area contributed by atoms with E-state index in [-0.39, 0.29) is 0 Å². The van der Waals surface area contributed by atoms with Gasteiger partial charge in [-0.3, -0.25) is 9.13 Å². The molecule has 0 saturated heterocycles. The van der Waals surface area contributed by atoms with Gasteiger partial charge in [-0.25, -0.2) is 9.97 Å². The number of hydrogen-bond donors (Lipinski definition) is 0. The second-order valence-electron chi connectivity index (χ2n) is 16.7. The van der Waals surface area contributed by atoms with Crippen molar-refractivity contribution in [1.82, 2.24) is 28.2 Å². The summed E-state index contributed by atoms with van der Waals surface area (Å²) in [4.78, 5) is 10.0. The smallest absolute Gasteiger partial charge is 0.138 e. The quantitative estimate of drug-likeness (QED) is 0.174. The minimum atomic E-state index is 0.862. The zero-order valence-electron chi connectivity index (χ0n) is 34.5. The van der Waals surface area contributed by atoms with Gasteiger partial charge < -0.3 is 9.13 Å². The molecular formula is C58H36N6. The Kier molecular flexibility index (Phi) is 7.30. The first-order valence-electron chi connectivity index (χ1n) is 21.7. The van der Waals surface area contributed by atoms with Crippen LogP contribution in [0.1, 0.15) is 0 Å². The summed E-state index contributed by atoms with van der Waals surface area (Å²) in [5, 5.41) is 9.75. The summed E-state index contributed by atoms with van der Waals surface area (Å²) < 4.78 is 9.37. The third kappa shape index (κ3) is 4.96. The van der Waals surface area contributed by atoms with E-state index in [2.05, 4.69) is 225 Å². The molecule has 0 aliphatic carbocycles.